The van der Waals surface area contributed by atoms with Crippen molar-refractivity contribution in [1.82, 2.24) is 9.97 Å². The number of hydrogen-bond acceptors (Lipinski definition) is 4. The number of nitrogen functional groups attached to an aromatic ring is 1. The first kappa shape index (κ1) is 12.9. The highest BCUT2D eigenvalue weighted by Crippen LogP contribution is 2.17. The summed E-state index contributed by atoms with van der Waals surface area (Å²) in [4.78, 5) is 21.5. The van der Waals surface area contributed by atoms with Gasteiger partial charge in [-0.15, -0.1) is 0 Å². The molecule has 5 nitrogen and oxygen atoms in total. The van der Waals surface area contributed by atoms with E-state index in [1.807, 2.05) is 6.92 Å². The predicted octanol–water partition coefficient (Wildman–Crippen LogP) is 1.86. The lowest BCUT2D eigenvalue weighted by Crippen LogP contribution is -2.31. The van der Waals surface area contributed by atoms with E-state index in [9.17, 15) is 9.18 Å². The molecule has 0 spiro atoms. The van der Waals surface area contributed by atoms with Gasteiger partial charge in [0.25, 0.3) is 5.91 Å². The van der Waals surface area contributed by atoms with Crippen molar-refractivity contribution in [2.24, 2.45) is 0 Å². The summed E-state index contributed by atoms with van der Waals surface area (Å²) in [5.74, 6) is -0.495. The van der Waals surface area contributed by atoms with Gasteiger partial charge in [0.05, 0.1) is 12.4 Å². The van der Waals surface area contributed by atoms with Crippen LogP contribution < -0.4 is 10.6 Å². The predicted molar refractivity (Wildman–Crippen MR) is 70.2 cm³/mol. The van der Waals surface area contributed by atoms with Crippen LogP contribution in [0.15, 0.2) is 36.7 Å². The summed E-state index contributed by atoms with van der Waals surface area (Å²) < 4.78 is 12.9. The fraction of sp³-hybridized carbons (Fsp3) is 0.154. The van der Waals surface area contributed by atoms with E-state index in [4.69, 9.17) is 5.73 Å². The number of hydrogen-bond donors (Lipinski definition) is 1. The molecule has 2 aromatic rings. The Hall–Kier alpha value is -2.50. The van der Waals surface area contributed by atoms with Crippen LogP contribution in [0.1, 0.15) is 17.4 Å². The average molecular weight is 260 g/mol. The zero-order valence-corrected chi connectivity index (χ0v) is 10.4. The van der Waals surface area contributed by atoms with Gasteiger partial charge in [-0.05, 0) is 31.2 Å². The second-order valence-corrected chi connectivity index (χ2v) is 3.86. The van der Waals surface area contributed by atoms with Gasteiger partial charge in [-0.1, -0.05) is 0 Å². The Bertz CT molecular complexity index is 585. The molecule has 0 fully saturated rings. The van der Waals surface area contributed by atoms with E-state index in [0.29, 0.717) is 12.2 Å². The van der Waals surface area contributed by atoms with Gasteiger partial charge in [0.15, 0.2) is 0 Å². The summed E-state index contributed by atoms with van der Waals surface area (Å²) in [6.45, 7) is 2.25. The van der Waals surface area contributed by atoms with Crippen molar-refractivity contribution in [3.05, 3.63) is 48.2 Å². The molecule has 2 N–H and O–H groups in total. The number of amides is 1. The van der Waals surface area contributed by atoms with Crippen molar-refractivity contribution in [3.8, 4) is 0 Å². The maximum atomic E-state index is 12.9. The molecular weight excluding hydrogens is 247 g/mol. The quantitative estimate of drug-likeness (QED) is 0.914. The van der Waals surface area contributed by atoms with Gasteiger partial charge in [-0.2, -0.15) is 0 Å². The van der Waals surface area contributed by atoms with Crippen LogP contribution in [0.2, 0.25) is 0 Å². The number of rotatable bonds is 3. The summed E-state index contributed by atoms with van der Waals surface area (Å²) in [5.41, 5.74) is 6.26. The monoisotopic (exact) mass is 260 g/mol. The molecule has 0 saturated carbocycles. The topological polar surface area (TPSA) is 72.1 Å². The normalized spacial score (nSPS) is 10.2. The summed E-state index contributed by atoms with van der Waals surface area (Å²) in [6, 6.07) is 5.68. The minimum absolute atomic E-state index is 0.158. The lowest BCUT2D eigenvalue weighted by atomic mass is 10.2. The fourth-order valence-corrected chi connectivity index (χ4v) is 1.69. The number of aromatic nitrogens is 2. The summed E-state index contributed by atoms with van der Waals surface area (Å²) in [6.07, 6.45) is 2.72. The first-order valence-electron chi connectivity index (χ1n) is 5.76. The van der Waals surface area contributed by atoms with Crippen LogP contribution in [0.5, 0.6) is 0 Å². The molecule has 1 amide bonds. The molecular formula is C13H13FN4O. The lowest BCUT2D eigenvalue weighted by molar-refractivity contribution is 0.0983. The third kappa shape index (κ3) is 2.85. The molecule has 0 aliphatic carbocycles. The van der Waals surface area contributed by atoms with Crippen molar-refractivity contribution in [2.75, 3.05) is 17.2 Å². The van der Waals surface area contributed by atoms with E-state index >= 15 is 0 Å². The Morgan fingerprint density at radius 2 is 2.00 bits per heavy atom. The number of benzene rings is 1. The van der Waals surface area contributed by atoms with Crippen LogP contribution >= 0.6 is 0 Å². The SMILES string of the molecule is CCN(C(=O)c1cncc(N)n1)c1ccc(F)cc1. The van der Waals surface area contributed by atoms with Crippen molar-refractivity contribution in [3.63, 3.8) is 0 Å². The molecule has 1 heterocycles. The van der Waals surface area contributed by atoms with Crippen molar-refractivity contribution < 1.29 is 9.18 Å². The van der Waals surface area contributed by atoms with E-state index in [1.54, 1.807) is 0 Å². The van der Waals surface area contributed by atoms with Crippen LogP contribution in [0.25, 0.3) is 0 Å². The number of carbonyl (C=O) groups excluding carboxylic acids is 1. The summed E-state index contributed by atoms with van der Waals surface area (Å²) >= 11 is 0. The van der Waals surface area contributed by atoms with Gasteiger partial charge >= 0.3 is 0 Å². The largest absolute Gasteiger partial charge is 0.382 e. The number of nitrogens with two attached hydrogens (primary N) is 1. The third-order valence-electron chi connectivity index (χ3n) is 2.57. The van der Waals surface area contributed by atoms with E-state index in [2.05, 4.69) is 9.97 Å². The molecule has 1 aromatic heterocycles. The molecule has 0 aliphatic heterocycles. The molecule has 0 unspecified atom stereocenters. The molecule has 1 aromatic carbocycles. The third-order valence-corrected chi connectivity index (χ3v) is 2.57. The second-order valence-electron chi connectivity index (χ2n) is 3.86. The molecule has 98 valence electrons. The first-order valence-corrected chi connectivity index (χ1v) is 5.76. The van der Waals surface area contributed by atoms with Crippen LogP contribution in [-0.2, 0) is 0 Å². The van der Waals surface area contributed by atoms with E-state index in [-0.39, 0.29) is 23.2 Å². The minimum Gasteiger partial charge on any atom is -0.382 e. The molecule has 0 atom stereocenters. The standard InChI is InChI=1S/C13H13FN4O/c1-2-18(10-5-3-9(14)4-6-10)13(19)11-7-16-8-12(15)17-11/h3-8H,2H2,1H3,(H2,15,17). The second kappa shape index (κ2) is 5.43. The molecule has 0 saturated heterocycles. The van der Waals surface area contributed by atoms with E-state index < -0.39 is 0 Å². The molecule has 0 radical (unpaired) electrons. The molecule has 2 rings (SSSR count). The Kier molecular flexibility index (Phi) is 3.70. The van der Waals surface area contributed by atoms with Gasteiger partial charge in [0.2, 0.25) is 0 Å². The maximum Gasteiger partial charge on any atom is 0.278 e. The molecule has 6 heteroatoms. The highest BCUT2D eigenvalue weighted by molar-refractivity contribution is 6.04. The van der Waals surface area contributed by atoms with Gasteiger partial charge in [0.1, 0.15) is 17.3 Å². The molecule has 0 bridgehead atoms. The number of anilines is 2. The van der Waals surface area contributed by atoms with E-state index in [1.165, 1.54) is 41.6 Å². The smallest absolute Gasteiger partial charge is 0.278 e. The number of nitrogens with zero attached hydrogens (tertiary/aromatic N) is 3. The van der Waals surface area contributed by atoms with Crippen molar-refractivity contribution in [1.29, 1.82) is 0 Å². The van der Waals surface area contributed by atoms with Crippen LogP contribution in [0.3, 0.4) is 0 Å². The van der Waals surface area contributed by atoms with Gasteiger partial charge in [-0.25, -0.2) is 9.37 Å². The zero-order valence-electron chi connectivity index (χ0n) is 10.4. The van der Waals surface area contributed by atoms with Crippen LogP contribution in [0, 0.1) is 5.82 Å². The average Bonchev–Trinajstić information content (AvgIpc) is 2.41. The number of carbonyl (C=O) groups is 1. The highest BCUT2D eigenvalue weighted by Gasteiger charge is 2.17. The van der Waals surface area contributed by atoms with Crippen LogP contribution in [0.4, 0.5) is 15.9 Å². The lowest BCUT2D eigenvalue weighted by Gasteiger charge is -2.20. The fourth-order valence-electron chi connectivity index (χ4n) is 1.69. The van der Waals surface area contributed by atoms with Crippen molar-refractivity contribution >= 4 is 17.4 Å². The Morgan fingerprint density at radius 1 is 1.32 bits per heavy atom. The van der Waals surface area contributed by atoms with Crippen LogP contribution in [-0.4, -0.2) is 22.4 Å². The number of halogens is 1. The first-order chi connectivity index (χ1) is 9.11. The Labute approximate surface area is 109 Å². The summed E-state index contributed by atoms with van der Waals surface area (Å²) in [5, 5.41) is 0. The van der Waals surface area contributed by atoms with Crippen molar-refractivity contribution in [2.45, 2.75) is 6.92 Å². The Morgan fingerprint density at radius 3 is 2.58 bits per heavy atom. The highest BCUT2D eigenvalue weighted by atomic mass is 19.1. The Balaban J connectivity index is 2.31. The maximum absolute atomic E-state index is 12.9. The zero-order chi connectivity index (χ0) is 13.8. The molecule has 19 heavy (non-hydrogen) atoms. The van der Waals surface area contributed by atoms with Gasteiger partial charge in [-0.3, -0.25) is 9.78 Å². The van der Waals surface area contributed by atoms with Gasteiger partial charge < -0.3 is 10.6 Å². The van der Waals surface area contributed by atoms with E-state index in [0.717, 1.165) is 0 Å². The van der Waals surface area contributed by atoms with Gasteiger partial charge in [0, 0.05) is 12.2 Å². The minimum atomic E-state index is -0.351. The summed E-state index contributed by atoms with van der Waals surface area (Å²) in [7, 11) is 0. The molecule has 0 aliphatic rings.